The molecule has 0 aliphatic heterocycles. The molecular weight excluding hydrogens is 456 g/mol. The van der Waals surface area contributed by atoms with Crippen molar-refractivity contribution in [1.29, 1.82) is 5.26 Å². The molecule has 36 heavy (non-hydrogen) atoms. The number of aryl methyl sites for hydroxylation is 1. The fraction of sp³-hybridized carbons (Fsp3) is 0.370. The average Bonchev–Trinajstić information content (AvgIpc) is 3.27. The molecule has 0 bridgehead atoms. The van der Waals surface area contributed by atoms with Crippen LogP contribution in [-0.2, 0) is 16.1 Å². The van der Waals surface area contributed by atoms with E-state index in [0.29, 0.717) is 29.1 Å². The van der Waals surface area contributed by atoms with Gasteiger partial charge in [0.05, 0.1) is 22.7 Å². The molecule has 1 saturated carbocycles. The first-order valence-corrected chi connectivity index (χ1v) is 12.2. The SMILES string of the molecule is CNC(=O)CCn1c(NC(=O)c2cccc(C#N)c2)nc2cc(N(C)C(=O)C3CCCCC3)ccc21. The van der Waals surface area contributed by atoms with Crippen molar-refractivity contribution in [3.63, 3.8) is 0 Å². The van der Waals surface area contributed by atoms with Crippen molar-refractivity contribution >= 4 is 40.4 Å². The van der Waals surface area contributed by atoms with Crippen molar-refractivity contribution in [1.82, 2.24) is 14.9 Å². The second-order valence-electron chi connectivity index (χ2n) is 9.06. The van der Waals surface area contributed by atoms with Gasteiger partial charge in [-0.05, 0) is 49.2 Å². The molecule has 0 unspecified atom stereocenters. The molecule has 2 N–H and O–H groups in total. The zero-order chi connectivity index (χ0) is 25.7. The van der Waals surface area contributed by atoms with Gasteiger partial charge in [-0.15, -0.1) is 0 Å². The number of hydrogen-bond donors (Lipinski definition) is 2. The maximum Gasteiger partial charge on any atom is 0.258 e. The molecule has 0 saturated heterocycles. The highest BCUT2D eigenvalue weighted by Crippen LogP contribution is 2.29. The Balaban J connectivity index is 1.65. The number of carbonyl (C=O) groups excluding carboxylic acids is 3. The van der Waals surface area contributed by atoms with Crippen LogP contribution in [0.4, 0.5) is 11.6 Å². The predicted octanol–water partition coefficient (Wildman–Crippen LogP) is 3.84. The van der Waals surface area contributed by atoms with E-state index in [-0.39, 0.29) is 24.2 Å². The van der Waals surface area contributed by atoms with Crippen molar-refractivity contribution in [2.24, 2.45) is 5.92 Å². The molecule has 3 aromatic rings. The summed E-state index contributed by atoms with van der Waals surface area (Å²) < 4.78 is 1.78. The molecular formula is C27H30N6O3. The zero-order valence-corrected chi connectivity index (χ0v) is 20.6. The lowest BCUT2D eigenvalue weighted by atomic mass is 9.88. The third-order valence-corrected chi connectivity index (χ3v) is 6.72. The molecule has 0 atom stereocenters. The molecule has 3 amide bonds. The number of anilines is 2. The molecule has 1 aromatic heterocycles. The Labute approximate surface area is 210 Å². The molecule has 186 valence electrons. The molecule has 4 rings (SSSR count). The van der Waals surface area contributed by atoms with E-state index in [1.54, 1.807) is 41.8 Å². The van der Waals surface area contributed by atoms with Gasteiger partial charge in [0.25, 0.3) is 5.91 Å². The topological polar surface area (TPSA) is 120 Å². The number of nitriles is 1. The van der Waals surface area contributed by atoms with E-state index in [1.807, 2.05) is 24.3 Å². The molecule has 1 fully saturated rings. The zero-order valence-electron chi connectivity index (χ0n) is 20.6. The van der Waals surface area contributed by atoms with E-state index in [1.165, 1.54) is 12.5 Å². The number of nitrogens with zero attached hydrogens (tertiary/aromatic N) is 4. The Morgan fingerprint density at radius 2 is 1.92 bits per heavy atom. The maximum absolute atomic E-state index is 13.0. The minimum Gasteiger partial charge on any atom is -0.359 e. The predicted molar refractivity (Wildman–Crippen MR) is 138 cm³/mol. The molecule has 9 nitrogen and oxygen atoms in total. The van der Waals surface area contributed by atoms with E-state index < -0.39 is 5.91 Å². The van der Waals surface area contributed by atoms with E-state index >= 15 is 0 Å². The van der Waals surface area contributed by atoms with Crippen LogP contribution in [0.3, 0.4) is 0 Å². The number of carbonyl (C=O) groups is 3. The first-order chi connectivity index (χ1) is 17.4. The first-order valence-electron chi connectivity index (χ1n) is 12.2. The third-order valence-electron chi connectivity index (χ3n) is 6.72. The first kappa shape index (κ1) is 24.9. The molecule has 1 aliphatic carbocycles. The molecule has 9 heteroatoms. The van der Waals surface area contributed by atoms with Gasteiger partial charge in [0, 0.05) is 44.2 Å². The maximum atomic E-state index is 13.0. The van der Waals surface area contributed by atoms with E-state index in [4.69, 9.17) is 5.26 Å². The van der Waals surface area contributed by atoms with Gasteiger partial charge in [0.2, 0.25) is 17.8 Å². The Hall–Kier alpha value is -4.19. The third kappa shape index (κ3) is 5.38. The van der Waals surface area contributed by atoms with Crippen LogP contribution in [0.25, 0.3) is 11.0 Å². The van der Waals surface area contributed by atoms with Crippen molar-refractivity contribution in [2.45, 2.75) is 45.1 Å². The van der Waals surface area contributed by atoms with Crippen LogP contribution < -0.4 is 15.5 Å². The Kier molecular flexibility index (Phi) is 7.64. The van der Waals surface area contributed by atoms with Gasteiger partial charge in [0.1, 0.15) is 0 Å². The molecule has 0 spiro atoms. The Morgan fingerprint density at radius 1 is 1.14 bits per heavy atom. The number of amides is 3. The number of aromatic nitrogens is 2. The summed E-state index contributed by atoms with van der Waals surface area (Å²) in [6.45, 7) is 0.306. The average molecular weight is 487 g/mol. The summed E-state index contributed by atoms with van der Waals surface area (Å²) in [4.78, 5) is 44.2. The van der Waals surface area contributed by atoms with Crippen LogP contribution in [0.2, 0.25) is 0 Å². The number of benzene rings is 2. The summed E-state index contributed by atoms with van der Waals surface area (Å²) in [6, 6.07) is 14.0. The minimum atomic E-state index is -0.409. The van der Waals surface area contributed by atoms with Crippen molar-refractivity contribution in [2.75, 3.05) is 24.3 Å². The van der Waals surface area contributed by atoms with Crippen molar-refractivity contribution in [3.05, 3.63) is 53.6 Å². The largest absolute Gasteiger partial charge is 0.359 e. The van der Waals surface area contributed by atoms with Gasteiger partial charge in [-0.2, -0.15) is 5.26 Å². The van der Waals surface area contributed by atoms with Crippen LogP contribution in [0, 0.1) is 17.2 Å². The quantitative estimate of drug-likeness (QED) is 0.526. The summed E-state index contributed by atoms with van der Waals surface area (Å²) in [5, 5.41) is 14.6. The minimum absolute atomic E-state index is 0.0450. The van der Waals surface area contributed by atoms with Crippen LogP contribution in [0.15, 0.2) is 42.5 Å². The summed E-state index contributed by atoms with van der Waals surface area (Å²) in [7, 11) is 3.36. The molecule has 1 heterocycles. The fourth-order valence-corrected chi connectivity index (χ4v) is 4.64. The highest BCUT2D eigenvalue weighted by molar-refractivity contribution is 6.04. The monoisotopic (exact) mass is 486 g/mol. The Bertz CT molecular complexity index is 1330. The van der Waals surface area contributed by atoms with Gasteiger partial charge in [-0.1, -0.05) is 25.3 Å². The van der Waals surface area contributed by atoms with Gasteiger partial charge in [-0.25, -0.2) is 4.98 Å². The molecule has 1 aliphatic rings. The van der Waals surface area contributed by atoms with Gasteiger partial charge in [-0.3, -0.25) is 19.7 Å². The van der Waals surface area contributed by atoms with E-state index in [0.717, 1.165) is 36.9 Å². The lowest BCUT2D eigenvalue weighted by Crippen LogP contribution is -2.33. The van der Waals surface area contributed by atoms with Crippen molar-refractivity contribution < 1.29 is 14.4 Å². The highest BCUT2D eigenvalue weighted by Gasteiger charge is 2.25. The fourth-order valence-electron chi connectivity index (χ4n) is 4.64. The summed E-state index contributed by atoms with van der Waals surface area (Å²) >= 11 is 0. The normalized spacial score (nSPS) is 13.7. The lowest BCUT2D eigenvalue weighted by molar-refractivity contribution is -0.123. The smallest absolute Gasteiger partial charge is 0.258 e. The van der Waals surface area contributed by atoms with Gasteiger partial charge >= 0.3 is 0 Å². The molecule has 0 radical (unpaired) electrons. The van der Waals surface area contributed by atoms with E-state index in [2.05, 4.69) is 15.6 Å². The summed E-state index contributed by atoms with van der Waals surface area (Å²) in [5.41, 5.74) is 2.79. The summed E-state index contributed by atoms with van der Waals surface area (Å²) in [5.74, 6) is -0.0963. The van der Waals surface area contributed by atoms with Crippen LogP contribution in [-0.4, -0.2) is 41.4 Å². The standard InChI is InChI=1S/C27H30N6O3/c1-29-24(34)13-14-33-23-12-11-21(32(2)26(36)19-8-4-3-5-9-19)16-22(23)30-27(33)31-25(35)20-10-6-7-18(15-20)17-28/h6-7,10-12,15-16,19H,3-5,8-9,13-14H2,1-2H3,(H,29,34)(H,30,31,35). The van der Waals surface area contributed by atoms with E-state index in [9.17, 15) is 14.4 Å². The summed E-state index contributed by atoms with van der Waals surface area (Å²) in [6.07, 6.45) is 5.39. The van der Waals surface area contributed by atoms with Gasteiger partial charge < -0.3 is 14.8 Å². The molecule has 2 aromatic carbocycles. The van der Waals surface area contributed by atoms with Crippen LogP contribution >= 0.6 is 0 Å². The highest BCUT2D eigenvalue weighted by atomic mass is 16.2. The Morgan fingerprint density at radius 3 is 2.64 bits per heavy atom. The van der Waals surface area contributed by atoms with Crippen LogP contribution in [0.1, 0.15) is 54.4 Å². The number of rotatable bonds is 7. The van der Waals surface area contributed by atoms with Crippen molar-refractivity contribution in [3.8, 4) is 6.07 Å². The number of imidazole rings is 1. The number of fused-ring (bicyclic) bond motifs is 1. The second kappa shape index (κ2) is 11.0. The lowest BCUT2D eigenvalue weighted by Gasteiger charge is -2.26. The second-order valence-corrected chi connectivity index (χ2v) is 9.06. The van der Waals surface area contributed by atoms with Crippen LogP contribution in [0.5, 0.6) is 0 Å². The number of nitrogens with one attached hydrogen (secondary N) is 2. The number of hydrogen-bond acceptors (Lipinski definition) is 5. The van der Waals surface area contributed by atoms with Gasteiger partial charge in [0.15, 0.2) is 0 Å².